The van der Waals surface area contributed by atoms with Gasteiger partial charge in [-0.1, -0.05) is 29.5 Å². The Morgan fingerprint density at radius 3 is 2.46 bits per heavy atom. The summed E-state index contributed by atoms with van der Waals surface area (Å²) < 4.78 is 0. The van der Waals surface area contributed by atoms with Gasteiger partial charge in [-0.05, 0) is 23.8 Å². The van der Waals surface area contributed by atoms with E-state index in [0.717, 1.165) is 22.4 Å². The van der Waals surface area contributed by atoms with E-state index in [4.69, 9.17) is 5.11 Å². The zero-order chi connectivity index (χ0) is 19.8. The molecule has 0 spiro atoms. The zero-order valence-electron chi connectivity index (χ0n) is 15.1. The van der Waals surface area contributed by atoms with Gasteiger partial charge in [0.05, 0.1) is 5.56 Å². The highest BCUT2D eigenvalue weighted by Crippen LogP contribution is 2.33. The Kier molecular flexibility index (Phi) is 4.11. The molecule has 28 heavy (non-hydrogen) atoms. The van der Waals surface area contributed by atoms with Crippen LogP contribution in [0.3, 0.4) is 0 Å². The molecule has 2 aromatic heterocycles. The van der Waals surface area contributed by atoms with Gasteiger partial charge in [-0.25, -0.2) is 14.9 Å². The van der Waals surface area contributed by atoms with Crippen molar-refractivity contribution in [2.75, 3.05) is 19.0 Å². The van der Waals surface area contributed by atoms with Crippen molar-refractivity contribution < 1.29 is 9.90 Å². The highest BCUT2D eigenvalue weighted by atomic mass is 16.4. The molecule has 0 bridgehead atoms. The Bertz CT molecular complexity index is 1240. The van der Waals surface area contributed by atoms with Crippen molar-refractivity contribution in [2.45, 2.75) is 0 Å². The van der Waals surface area contributed by atoms with E-state index in [1.54, 1.807) is 24.3 Å². The number of carboxylic acids is 1. The van der Waals surface area contributed by atoms with Crippen LogP contribution in [0.2, 0.25) is 0 Å². The van der Waals surface area contributed by atoms with Crippen LogP contribution >= 0.6 is 0 Å². The van der Waals surface area contributed by atoms with Crippen molar-refractivity contribution in [3.05, 3.63) is 58.4 Å². The monoisotopic (exact) mass is 376 g/mol. The second-order valence-electron chi connectivity index (χ2n) is 6.43. The molecular formula is C19H16N6O3. The maximum absolute atomic E-state index is 12.2. The van der Waals surface area contributed by atoms with Crippen molar-refractivity contribution >= 4 is 22.8 Å². The zero-order valence-corrected chi connectivity index (χ0v) is 15.1. The van der Waals surface area contributed by atoms with Gasteiger partial charge in [0.25, 0.3) is 5.56 Å². The molecule has 0 radical (unpaired) electrons. The van der Waals surface area contributed by atoms with Gasteiger partial charge in [-0.2, -0.15) is 0 Å². The summed E-state index contributed by atoms with van der Waals surface area (Å²) in [4.78, 5) is 32.3. The first kappa shape index (κ1) is 17.4. The Balaban J connectivity index is 1.82. The molecule has 4 aromatic rings. The van der Waals surface area contributed by atoms with Crippen LogP contribution < -0.4 is 10.5 Å². The topological polar surface area (TPSA) is 128 Å². The predicted octanol–water partition coefficient (Wildman–Crippen LogP) is 2.14. The van der Waals surface area contributed by atoms with Gasteiger partial charge >= 0.3 is 5.97 Å². The first-order valence-corrected chi connectivity index (χ1v) is 8.40. The lowest BCUT2D eigenvalue weighted by Gasteiger charge is -2.19. The smallest absolute Gasteiger partial charge is 0.335 e. The number of benzene rings is 2. The molecule has 0 amide bonds. The quantitative estimate of drug-likeness (QED) is 0.498. The molecular weight excluding hydrogens is 360 g/mol. The van der Waals surface area contributed by atoms with Gasteiger partial charge in [0.2, 0.25) is 0 Å². The van der Waals surface area contributed by atoms with E-state index in [1.165, 1.54) is 0 Å². The number of carboxylic acid groups (broad SMARTS) is 1. The third kappa shape index (κ3) is 2.98. The molecule has 2 heterocycles. The lowest BCUT2D eigenvalue weighted by molar-refractivity contribution is 0.0697. The average Bonchev–Trinajstić information content (AvgIpc) is 3.17. The largest absolute Gasteiger partial charge is 0.478 e. The molecule has 0 aliphatic heterocycles. The van der Waals surface area contributed by atoms with Crippen LogP contribution in [0.1, 0.15) is 10.4 Å². The Hall–Kier alpha value is -4.01. The fourth-order valence-corrected chi connectivity index (χ4v) is 2.98. The second-order valence-corrected chi connectivity index (χ2v) is 6.43. The lowest BCUT2D eigenvalue weighted by Crippen LogP contribution is -2.12. The highest BCUT2D eigenvalue weighted by molar-refractivity contribution is 5.89. The van der Waals surface area contributed by atoms with Crippen molar-refractivity contribution in [1.82, 2.24) is 25.4 Å². The maximum Gasteiger partial charge on any atom is 0.335 e. The molecule has 0 fully saturated rings. The minimum Gasteiger partial charge on any atom is -0.478 e. The third-order valence-corrected chi connectivity index (χ3v) is 4.40. The van der Waals surface area contributed by atoms with Crippen LogP contribution in [-0.2, 0) is 0 Å². The summed E-state index contributed by atoms with van der Waals surface area (Å²) in [5.74, 6) is -0.562. The fourth-order valence-electron chi connectivity index (χ4n) is 2.98. The van der Waals surface area contributed by atoms with Crippen LogP contribution in [0.4, 0.5) is 5.69 Å². The van der Waals surface area contributed by atoms with E-state index in [-0.39, 0.29) is 16.6 Å². The van der Waals surface area contributed by atoms with Crippen LogP contribution in [0.15, 0.2) is 47.3 Å². The normalized spacial score (nSPS) is 10.9. The summed E-state index contributed by atoms with van der Waals surface area (Å²) >= 11 is 0. The van der Waals surface area contributed by atoms with E-state index in [0.29, 0.717) is 11.5 Å². The van der Waals surface area contributed by atoms with Crippen molar-refractivity contribution in [2.24, 2.45) is 0 Å². The molecule has 0 aliphatic rings. The molecule has 3 N–H and O–H groups in total. The number of anilines is 1. The van der Waals surface area contributed by atoms with Crippen LogP contribution in [0.25, 0.3) is 33.7 Å². The van der Waals surface area contributed by atoms with E-state index in [1.807, 2.05) is 37.2 Å². The number of aromatic amines is 2. The van der Waals surface area contributed by atoms with Crippen molar-refractivity contribution in [3.8, 4) is 22.5 Å². The first-order valence-electron chi connectivity index (χ1n) is 8.40. The van der Waals surface area contributed by atoms with Gasteiger partial charge < -0.3 is 15.0 Å². The second kappa shape index (κ2) is 6.62. The van der Waals surface area contributed by atoms with Crippen LogP contribution in [0, 0.1) is 0 Å². The standard InChI is InChI=1S/C19H16N6O3/c1-25(2)14-9-12(16-20-17-15(18(26)21-16)22-24-23-17)7-8-13(14)10-3-5-11(6-4-10)19(27)28/h3-9H,1-2H3,(H,27,28)(H2,20,21,22,23,24,26). The number of hydrogen-bond donors (Lipinski definition) is 3. The summed E-state index contributed by atoms with van der Waals surface area (Å²) in [6, 6.07) is 12.4. The van der Waals surface area contributed by atoms with E-state index < -0.39 is 5.97 Å². The summed E-state index contributed by atoms with van der Waals surface area (Å²) in [6.07, 6.45) is 0. The number of H-pyrrole nitrogens is 2. The molecule has 9 heteroatoms. The molecule has 4 rings (SSSR count). The maximum atomic E-state index is 12.2. The minimum absolute atomic E-state index is 0.159. The van der Waals surface area contributed by atoms with E-state index >= 15 is 0 Å². The first-order chi connectivity index (χ1) is 13.4. The van der Waals surface area contributed by atoms with Crippen LogP contribution in [0.5, 0.6) is 0 Å². The third-order valence-electron chi connectivity index (χ3n) is 4.40. The molecule has 9 nitrogen and oxygen atoms in total. The number of aromatic carboxylic acids is 1. The predicted molar refractivity (Wildman–Crippen MR) is 104 cm³/mol. The minimum atomic E-state index is -0.964. The summed E-state index contributed by atoms with van der Waals surface area (Å²) in [7, 11) is 3.82. The van der Waals surface area contributed by atoms with Gasteiger partial charge in [0.1, 0.15) is 5.82 Å². The van der Waals surface area contributed by atoms with Gasteiger partial charge in [-0.3, -0.25) is 4.79 Å². The number of rotatable bonds is 4. The van der Waals surface area contributed by atoms with Crippen molar-refractivity contribution in [3.63, 3.8) is 0 Å². The highest BCUT2D eigenvalue weighted by Gasteiger charge is 2.13. The Labute approximate surface area is 158 Å². The molecule has 0 atom stereocenters. The van der Waals surface area contributed by atoms with Crippen molar-refractivity contribution in [1.29, 1.82) is 0 Å². The lowest BCUT2D eigenvalue weighted by atomic mass is 9.99. The number of nitrogens with one attached hydrogen (secondary N) is 2. The van der Waals surface area contributed by atoms with Gasteiger partial charge in [0, 0.05) is 30.9 Å². The summed E-state index contributed by atoms with van der Waals surface area (Å²) in [5, 5.41) is 19.0. The molecule has 140 valence electrons. The molecule has 0 saturated heterocycles. The molecule has 0 aliphatic carbocycles. The number of carbonyl (C=O) groups is 1. The van der Waals surface area contributed by atoms with E-state index in [9.17, 15) is 9.59 Å². The molecule has 0 saturated carbocycles. The van der Waals surface area contributed by atoms with Gasteiger partial charge in [0.15, 0.2) is 11.2 Å². The van der Waals surface area contributed by atoms with Crippen LogP contribution in [-0.4, -0.2) is 50.5 Å². The number of nitrogens with zero attached hydrogens (tertiary/aromatic N) is 4. The van der Waals surface area contributed by atoms with E-state index in [2.05, 4.69) is 25.4 Å². The Morgan fingerprint density at radius 2 is 1.79 bits per heavy atom. The SMILES string of the molecule is CN(C)c1cc(-c2nc3[nH]nnc3c(=O)[nH]2)ccc1-c1ccc(C(=O)O)cc1. The number of hydrogen-bond acceptors (Lipinski definition) is 6. The Morgan fingerprint density at radius 1 is 1.07 bits per heavy atom. The molecule has 2 aromatic carbocycles. The summed E-state index contributed by atoms with van der Waals surface area (Å²) in [6.45, 7) is 0. The molecule has 0 unspecified atom stereocenters. The summed E-state index contributed by atoms with van der Waals surface area (Å²) in [5.41, 5.74) is 3.77. The number of aromatic nitrogens is 5. The average molecular weight is 376 g/mol. The number of fused-ring (bicyclic) bond motifs is 1. The fraction of sp³-hybridized carbons (Fsp3) is 0.105. The van der Waals surface area contributed by atoms with Gasteiger partial charge in [-0.15, -0.1) is 5.10 Å².